The molecule has 0 amide bonds. The molecule has 2 atom stereocenters. The highest BCUT2D eigenvalue weighted by molar-refractivity contribution is 5.13. The zero-order valence-corrected chi connectivity index (χ0v) is 11.9. The van der Waals surface area contributed by atoms with Gasteiger partial charge in [-0.05, 0) is 43.9 Å². The Labute approximate surface area is 119 Å². The van der Waals surface area contributed by atoms with Crippen molar-refractivity contribution in [2.75, 3.05) is 13.1 Å². The van der Waals surface area contributed by atoms with Gasteiger partial charge in [-0.15, -0.1) is 0 Å². The summed E-state index contributed by atoms with van der Waals surface area (Å²) < 4.78 is 1.95. The number of hydrogen-bond donors (Lipinski definition) is 0. The molecule has 2 aromatic heterocycles. The molecule has 20 heavy (non-hydrogen) atoms. The minimum atomic E-state index is 0.433. The fourth-order valence-electron chi connectivity index (χ4n) is 3.02. The Bertz CT molecular complexity index is 510. The summed E-state index contributed by atoms with van der Waals surface area (Å²) in [7, 11) is 0. The molecule has 1 aliphatic rings. The number of pyridine rings is 1. The van der Waals surface area contributed by atoms with Gasteiger partial charge < -0.3 is 0 Å². The Morgan fingerprint density at radius 2 is 2.35 bits per heavy atom. The standard InChI is InChI=1S/C15H21N5/c1-13(15-5-2-6-16-8-15)19-7-3-4-14(9-19)10-20-12-17-11-18-20/h2,5-6,8,11-14H,3-4,7,9-10H2,1H3/t13-,14-/m1/s1. The van der Waals surface area contributed by atoms with E-state index in [9.17, 15) is 0 Å². The van der Waals surface area contributed by atoms with Crippen molar-refractivity contribution in [1.82, 2.24) is 24.6 Å². The fraction of sp³-hybridized carbons (Fsp3) is 0.533. The molecule has 0 radical (unpaired) electrons. The summed E-state index contributed by atoms with van der Waals surface area (Å²) in [6.07, 6.45) is 9.76. The fourth-order valence-corrected chi connectivity index (χ4v) is 3.02. The van der Waals surface area contributed by atoms with Crippen LogP contribution in [0.1, 0.15) is 31.4 Å². The molecule has 0 unspecified atom stereocenters. The minimum Gasteiger partial charge on any atom is -0.296 e. The van der Waals surface area contributed by atoms with Crippen LogP contribution in [-0.2, 0) is 6.54 Å². The zero-order chi connectivity index (χ0) is 13.8. The molecule has 1 fully saturated rings. The van der Waals surface area contributed by atoms with Gasteiger partial charge in [0.15, 0.2) is 0 Å². The van der Waals surface area contributed by atoms with Gasteiger partial charge in [-0.1, -0.05) is 6.07 Å². The van der Waals surface area contributed by atoms with Crippen LogP contribution in [0, 0.1) is 5.92 Å². The maximum absolute atomic E-state index is 4.23. The van der Waals surface area contributed by atoms with E-state index >= 15 is 0 Å². The van der Waals surface area contributed by atoms with Crippen molar-refractivity contribution in [2.45, 2.75) is 32.4 Å². The number of rotatable bonds is 4. The van der Waals surface area contributed by atoms with Gasteiger partial charge in [0.25, 0.3) is 0 Å². The van der Waals surface area contributed by atoms with Crippen LogP contribution in [0.2, 0.25) is 0 Å². The second-order valence-electron chi connectivity index (χ2n) is 5.58. The molecule has 1 saturated heterocycles. The van der Waals surface area contributed by atoms with Gasteiger partial charge in [-0.3, -0.25) is 14.6 Å². The van der Waals surface area contributed by atoms with Gasteiger partial charge in [0.05, 0.1) is 0 Å². The van der Waals surface area contributed by atoms with Crippen LogP contribution in [0.5, 0.6) is 0 Å². The lowest BCUT2D eigenvalue weighted by Crippen LogP contribution is -2.38. The average Bonchev–Trinajstić information content (AvgIpc) is 3.01. The Balaban J connectivity index is 1.63. The highest BCUT2D eigenvalue weighted by Gasteiger charge is 2.24. The van der Waals surface area contributed by atoms with E-state index in [-0.39, 0.29) is 0 Å². The third-order valence-corrected chi connectivity index (χ3v) is 4.18. The number of piperidine rings is 1. The summed E-state index contributed by atoms with van der Waals surface area (Å²) in [5, 5.41) is 4.22. The molecule has 0 aromatic carbocycles. The van der Waals surface area contributed by atoms with Crippen LogP contribution >= 0.6 is 0 Å². The van der Waals surface area contributed by atoms with E-state index in [4.69, 9.17) is 0 Å². The molecule has 5 nitrogen and oxygen atoms in total. The van der Waals surface area contributed by atoms with Gasteiger partial charge in [-0.2, -0.15) is 5.10 Å². The molecular weight excluding hydrogens is 250 g/mol. The summed E-state index contributed by atoms with van der Waals surface area (Å²) in [6.45, 7) is 5.53. The van der Waals surface area contributed by atoms with Crippen LogP contribution in [0.3, 0.4) is 0 Å². The second-order valence-corrected chi connectivity index (χ2v) is 5.58. The first kappa shape index (κ1) is 13.2. The largest absolute Gasteiger partial charge is 0.296 e. The van der Waals surface area contributed by atoms with E-state index in [0.717, 1.165) is 13.1 Å². The minimum absolute atomic E-state index is 0.433. The maximum atomic E-state index is 4.23. The molecule has 3 heterocycles. The Kier molecular flexibility index (Phi) is 4.06. The topological polar surface area (TPSA) is 46.8 Å². The van der Waals surface area contributed by atoms with E-state index in [0.29, 0.717) is 12.0 Å². The van der Waals surface area contributed by atoms with Crippen LogP contribution < -0.4 is 0 Å². The molecule has 2 aromatic rings. The highest BCUT2D eigenvalue weighted by Crippen LogP contribution is 2.26. The predicted octanol–water partition coefficient (Wildman–Crippen LogP) is 2.15. The summed E-state index contributed by atoms with van der Waals surface area (Å²) in [5.74, 6) is 0.657. The summed E-state index contributed by atoms with van der Waals surface area (Å²) in [4.78, 5) is 10.8. The first-order valence-corrected chi connectivity index (χ1v) is 7.29. The third-order valence-electron chi connectivity index (χ3n) is 4.18. The molecule has 0 aliphatic carbocycles. The van der Waals surface area contributed by atoms with Crippen molar-refractivity contribution >= 4 is 0 Å². The predicted molar refractivity (Wildman–Crippen MR) is 77.0 cm³/mol. The van der Waals surface area contributed by atoms with Gasteiger partial charge >= 0.3 is 0 Å². The molecule has 1 aliphatic heterocycles. The van der Waals surface area contributed by atoms with Crippen LogP contribution in [-0.4, -0.2) is 37.7 Å². The van der Waals surface area contributed by atoms with Crippen molar-refractivity contribution in [3.05, 3.63) is 42.7 Å². The lowest BCUT2D eigenvalue weighted by molar-refractivity contribution is 0.120. The van der Waals surface area contributed by atoms with Crippen molar-refractivity contribution in [3.63, 3.8) is 0 Å². The average molecular weight is 271 g/mol. The van der Waals surface area contributed by atoms with E-state index in [2.05, 4.69) is 33.0 Å². The van der Waals surface area contributed by atoms with Gasteiger partial charge in [-0.25, -0.2) is 4.98 Å². The lowest BCUT2D eigenvalue weighted by Gasteiger charge is -2.36. The summed E-state index contributed by atoms with van der Waals surface area (Å²) in [6, 6.07) is 4.61. The normalized spacial score (nSPS) is 21.8. The molecule has 5 heteroatoms. The molecule has 0 N–H and O–H groups in total. The van der Waals surface area contributed by atoms with Crippen molar-refractivity contribution in [2.24, 2.45) is 5.92 Å². The number of hydrogen-bond acceptors (Lipinski definition) is 4. The second kappa shape index (κ2) is 6.13. The Morgan fingerprint density at radius 3 is 3.10 bits per heavy atom. The zero-order valence-electron chi connectivity index (χ0n) is 11.9. The first-order valence-electron chi connectivity index (χ1n) is 7.29. The van der Waals surface area contributed by atoms with E-state index in [1.807, 2.05) is 29.5 Å². The van der Waals surface area contributed by atoms with Crippen molar-refractivity contribution < 1.29 is 0 Å². The monoisotopic (exact) mass is 271 g/mol. The number of nitrogens with zero attached hydrogens (tertiary/aromatic N) is 5. The van der Waals surface area contributed by atoms with E-state index < -0.39 is 0 Å². The Hall–Kier alpha value is -1.75. The van der Waals surface area contributed by atoms with Gasteiger partial charge in [0, 0.05) is 31.5 Å². The molecule has 0 bridgehead atoms. The van der Waals surface area contributed by atoms with E-state index in [1.165, 1.54) is 24.9 Å². The molecule has 3 rings (SSSR count). The van der Waals surface area contributed by atoms with Gasteiger partial charge in [0.1, 0.15) is 12.7 Å². The number of likely N-dealkylation sites (tertiary alicyclic amines) is 1. The quantitative estimate of drug-likeness (QED) is 0.855. The molecular formula is C15H21N5. The van der Waals surface area contributed by atoms with Crippen LogP contribution in [0.4, 0.5) is 0 Å². The lowest BCUT2D eigenvalue weighted by atomic mass is 9.95. The van der Waals surface area contributed by atoms with E-state index in [1.54, 1.807) is 6.33 Å². The molecule has 106 valence electrons. The molecule has 0 spiro atoms. The highest BCUT2D eigenvalue weighted by atomic mass is 15.3. The van der Waals surface area contributed by atoms with Crippen LogP contribution in [0.25, 0.3) is 0 Å². The summed E-state index contributed by atoms with van der Waals surface area (Å²) in [5.41, 5.74) is 1.30. The van der Waals surface area contributed by atoms with Gasteiger partial charge in [0.2, 0.25) is 0 Å². The smallest absolute Gasteiger partial charge is 0.137 e. The van der Waals surface area contributed by atoms with Crippen LogP contribution in [0.15, 0.2) is 37.2 Å². The number of aromatic nitrogens is 4. The first-order chi connectivity index (χ1) is 9.83. The molecule has 0 saturated carbocycles. The Morgan fingerprint density at radius 1 is 1.40 bits per heavy atom. The van der Waals surface area contributed by atoms with Crippen molar-refractivity contribution in [1.29, 1.82) is 0 Å². The third kappa shape index (κ3) is 3.04. The summed E-state index contributed by atoms with van der Waals surface area (Å²) >= 11 is 0. The SMILES string of the molecule is C[C@H](c1cccnc1)N1CCC[C@@H](Cn2cncn2)C1. The maximum Gasteiger partial charge on any atom is 0.137 e. The van der Waals surface area contributed by atoms with Crippen molar-refractivity contribution in [3.8, 4) is 0 Å².